The van der Waals surface area contributed by atoms with E-state index in [0.29, 0.717) is 0 Å². The molecule has 25 heavy (non-hydrogen) atoms. The first kappa shape index (κ1) is 18.8. The van der Waals surface area contributed by atoms with E-state index in [1.807, 2.05) is 0 Å². The van der Waals surface area contributed by atoms with Gasteiger partial charge in [-0.2, -0.15) is 0 Å². The Balaban J connectivity index is 0.00000182. The quantitative estimate of drug-likeness (QED) is 0.520. The molecule has 0 N–H and O–H groups in total. The second-order valence-corrected chi connectivity index (χ2v) is 7.94. The third-order valence-corrected chi connectivity index (χ3v) is 5.81. The molecule has 128 valence electrons. The summed E-state index contributed by atoms with van der Waals surface area (Å²) in [6.07, 6.45) is 12.2. The largest absolute Gasteiger partial charge is 0.0649 e. The minimum atomic E-state index is 0. The van der Waals surface area contributed by atoms with Crippen LogP contribution in [0.4, 0.5) is 0 Å². The van der Waals surface area contributed by atoms with Crippen LogP contribution in [-0.4, -0.2) is 0 Å². The molecule has 2 aromatic rings. The summed E-state index contributed by atoms with van der Waals surface area (Å²) in [5.41, 5.74) is 10.2. The molecule has 1 heteroatoms. The fourth-order valence-corrected chi connectivity index (χ4v) is 4.55. The predicted molar refractivity (Wildman–Crippen MR) is 104 cm³/mol. The van der Waals surface area contributed by atoms with Gasteiger partial charge in [0.2, 0.25) is 0 Å². The molecule has 0 radical (unpaired) electrons. The Morgan fingerprint density at radius 3 is 2.32 bits per heavy atom. The van der Waals surface area contributed by atoms with Crippen molar-refractivity contribution in [2.24, 2.45) is 5.92 Å². The third kappa shape index (κ3) is 4.25. The molecule has 0 amide bonds. The second kappa shape index (κ2) is 8.17. The van der Waals surface area contributed by atoms with Crippen molar-refractivity contribution < 1.29 is 26.2 Å². The summed E-state index contributed by atoms with van der Waals surface area (Å²) in [7, 11) is 0. The van der Waals surface area contributed by atoms with E-state index in [1.165, 1.54) is 78.3 Å². The number of fused-ring (bicyclic) bond motifs is 1. The van der Waals surface area contributed by atoms with E-state index in [-0.39, 0.29) is 26.2 Å². The number of hydrogen-bond acceptors (Lipinski definition) is 0. The van der Waals surface area contributed by atoms with Gasteiger partial charge in [-0.25, -0.2) is 0 Å². The Morgan fingerprint density at radius 2 is 1.60 bits per heavy atom. The molecule has 0 aliphatic heterocycles. The van der Waals surface area contributed by atoms with Gasteiger partial charge in [-0.3, -0.25) is 0 Å². The van der Waals surface area contributed by atoms with Crippen LogP contribution in [0.25, 0.3) is 17.2 Å². The van der Waals surface area contributed by atoms with Gasteiger partial charge in [0.15, 0.2) is 0 Å². The average Bonchev–Trinajstić information content (AvgIpc) is 2.98. The maximum absolute atomic E-state index is 2.51. The minimum absolute atomic E-state index is 0. The maximum atomic E-state index is 2.51. The topological polar surface area (TPSA) is 0 Å². The van der Waals surface area contributed by atoms with Crippen LogP contribution < -0.4 is 0 Å². The zero-order valence-electron chi connectivity index (χ0n) is 15.6. The van der Waals surface area contributed by atoms with Gasteiger partial charge in [-0.15, -0.1) is 0 Å². The molecule has 0 aromatic heterocycles. The molecule has 0 heterocycles. The van der Waals surface area contributed by atoms with Crippen molar-refractivity contribution in [1.29, 1.82) is 0 Å². The first-order valence-corrected chi connectivity index (χ1v) is 9.59. The van der Waals surface area contributed by atoms with Gasteiger partial charge < -0.3 is 0 Å². The smallest absolute Gasteiger partial charge is 0 e. The molecule has 0 unspecified atom stereocenters. The zero-order valence-corrected chi connectivity index (χ0v) is 18.0. The minimum Gasteiger partial charge on any atom is -0.0649 e. The van der Waals surface area contributed by atoms with Crippen LogP contribution in [0.1, 0.15) is 60.8 Å². The van der Waals surface area contributed by atoms with Crippen molar-refractivity contribution in [2.45, 2.75) is 58.8 Å². The summed E-state index contributed by atoms with van der Waals surface area (Å²) >= 11 is 0. The Bertz CT molecular complexity index is 761. The van der Waals surface area contributed by atoms with Gasteiger partial charge in [-0.05, 0) is 54.9 Å². The summed E-state index contributed by atoms with van der Waals surface area (Å²) in [5, 5.41) is 0. The molecule has 4 rings (SSSR count). The SMILES string of the molecule is Cc1ccc(-c2cc(C)cc3c2C=C(CC2CCCCC2)C3)cc1.[Zr]. The summed E-state index contributed by atoms with van der Waals surface area (Å²) < 4.78 is 0. The van der Waals surface area contributed by atoms with Crippen molar-refractivity contribution in [3.8, 4) is 11.1 Å². The van der Waals surface area contributed by atoms with Crippen LogP contribution in [-0.2, 0) is 32.6 Å². The number of rotatable bonds is 3. The average molecular weight is 408 g/mol. The summed E-state index contributed by atoms with van der Waals surface area (Å²) in [4.78, 5) is 0. The van der Waals surface area contributed by atoms with Crippen molar-refractivity contribution in [3.05, 3.63) is 64.2 Å². The molecule has 2 aromatic carbocycles. The fourth-order valence-electron chi connectivity index (χ4n) is 4.55. The third-order valence-electron chi connectivity index (χ3n) is 5.81. The molecule has 0 atom stereocenters. The Labute approximate surface area is 171 Å². The van der Waals surface area contributed by atoms with E-state index in [2.05, 4.69) is 56.3 Å². The van der Waals surface area contributed by atoms with Crippen LogP contribution in [0.2, 0.25) is 0 Å². The van der Waals surface area contributed by atoms with E-state index in [0.717, 1.165) is 5.92 Å². The van der Waals surface area contributed by atoms with Crippen LogP contribution in [0, 0.1) is 19.8 Å². The van der Waals surface area contributed by atoms with Gasteiger partial charge in [0.1, 0.15) is 0 Å². The van der Waals surface area contributed by atoms with Crippen LogP contribution >= 0.6 is 0 Å². The second-order valence-electron chi connectivity index (χ2n) is 7.94. The van der Waals surface area contributed by atoms with Crippen LogP contribution in [0.5, 0.6) is 0 Å². The predicted octanol–water partition coefficient (Wildman–Crippen LogP) is 6.88. The molecule has 0 spiro atoms. The monoisotopic (exact) mass is 406 g/mol. The number of benzene rings is 2. The molecule has 0 saturated heterocycles. The van der Waals surface area contributed by atoms with E-state index in [1.54, 1.807) is 5.57 Å². The molecule has 0 bridgehead atoms. The number of allylic oxidation sites excluding steroid dienone is 1. The molecule has 1 fully saturated rings. The first-order valence-electron chi connectivity index (χ1n) is 9.59. The number of aryl methyl sites for hydroxylation is 2. The van der Waals surface area contributed by atoms with Crippen molar-refractivity contribution in [1.82, 2.24) is 0 Å². The van der Waals surface area contributed by atoms with Crippen LogP contribution in [0.15, 0.2) is 42.0 Å². The van der Waals surface area contributed by atoms with Crippen molar-refractivity contribution >= 4 is 6.08 Å². The fraction of sp³-hybridized carbons (Fsp3) is 0.417. The first-order chi connectivity index (χ1) is 11.7. The molecular weight excluding hydrogens is 379 g/mol. The molecule has 2 aliphatic carbocycles. The molecular formula is C24H28Zr. The maximum Gasteiger partial charge on any atom is 0 e. The summed E-state index contributed by atoms with van der Waals surface area (Å²) in [6, 6.07) is 13.8. The number of hydrogen-bond donors (Lipinski definition) is 0. The van der Waals surface area contributed by atoms with Gasteiger partial charge in [0, 0.05) is 26.2 Å². The van der Waals surface area contributed by atoms with Gasteiger partial charge >= 0.3 is 0 Å². The van der Waals surface area contributed by atoms with E-state index in [9.17, 15) is 0 Å². The van der Waals surface area contributed by atoms with Crippen molar-refractivity contribution in [2.75, 3.05) is 0 Å². The summed E-state index contributed by atoms with van der Waals surface area (Å²) in [5.74, 6) is 0.934. The normalized spacial score (nSPS) is 17.0. The zero-order chi connectivity index (χ0) is 16.5. The Morgan fingerprint density at radius 1 is 0.880 bits per heavy atom. The molecule has 2 aliphatic rings. The van der Waals surface area contributed by atoms with Crippen LogP contribution in [0.3, 0.4) is 0 Å². The van der Waals surface area contributed by atoms with E-state index < -0.39 is 0 Å². The summed E-state index contributed by atoms with van der Waals surface area (Å²) in [6.45, 7) is 4.39. The molecule has 1 saturated carbocycles. The van der Waals surface area contributed by atoms with E-state index >= 15 is 0 Å². The standard InChI is InChI=1S/C24H28.Zr/c1-17-8-10-21(11-9-17)23-13-18(2)12-22-15-20(16-24(22)23)14-19-6-4-3-5-7-19;/h8-13,16,19H,3-7,14-15H2,1-2H3;. The van der Waals surface area contributed by atoms with Gasteiger partial charge in [0.25, 0.3) is 0 Å². The van der Waals surface area contributed by atoms with Crippen molar-refractivity contribution in [3.63, 3.8) is 0 Å². The Hall–Kier alpha value is -0.937. The Kier molecular flexibility index (Phi) is 6.16. The van der Waals surface area contributed by atoms with Gasteiger partial charge in [0.05, 0.1) is 0 Å². The van der Waals surface area contributed by atoms with E-state index in [4.69, 9.17) is 0 Å². The molecule has 0 nitrogen and oxygen atoms in total. The van der Waals surface area contributed by atoms with Gasteiger partial charge in [-0.1, -0.05) is 91.3 Å².